The maximum absolute atomic E-state index is 13.4. The lowest BCUT2D eigenvalue weighted by Crippen LogP contribution is -2.14. The number of nitrogens with one attached hydrogen (secondary N) is 1. The number of esters is 2. The van der Waals surface area contributed by atoms with Crippen molar-refractivity contribution in [3.05, 3.63) is 56.1 Å². The van der Waals surface area contributed by atoms with Crippen molar-refractivity contribution in [3.8, 4) is 0 Å². The number of amides is 1. The van der Waals surface area contributed by atoms with Crippen LogP contribution < -0.4 is 5.32 Å². The molecule has 0 saturated heterocycles. The summed E-state index contributed by atoms with van der Waals surface area (Å²) in [5.74, 6) is -2.67. The molecule has 0 aliphatic rings. The normalized spacial score (nSPS) is 11.3. The molecule has 0 aliphatic carbocycles. The van der Waals surface area contributed by atoms with Gasteiger partial charge in [0.25, 0.3) is 18.8 Å². The third-order valence-corrected chi connectivity index (χ3v) is 6.52. The van der Waals surface area contributed by atoms with Crippen LogP contribution in [0.5, 0.6) is 0 Å². The number of carbonyl (C=O) groups excluding carboxylic acids is 3. The van der Waals surface area contributed by atoms with E-state index in [1.54, 1.807) is 6.92 Å². The van der Waals surface area contributed by atoms with E-state index in [9.17, 15) is 31.9 Å². The first-order valence-corrected chi connectivity index (χ1v) is 11.8. The maximum atomic E-state index is 13.4. The molecular weight excluding hydrogens is 546 g/mol. The van der Waals surface area contributed by atoms with Crippen LogP contribution in [0.15, 0.2) is 16.5 Å². The Hall–Kier alpha value is -3.39. The van der Waals surface area contributed by atoms with Crippen molar-refractivity contribution in [1.82, 2.24) is 9.78 Å². The van der Waals surface area contributed by atoms with Crippen LogP contribution in [0.2, 0.25) is 5.02 Å². The van der Waals surface area contributed by atoms with E-state index in [-0.39, 0.29) is 39.1 Å². The second-order valence-corrected chi connectivity index (χ2v) is 8.85. The molecule has 3 aromatic rings. The third-order valence-electron chi connectivity index (χ3n) is 4.95. The van der Waals surface area contributed by atoms with E-state index in [1.807, 2.05) is 0 Å². The number of methoxy groups -OCH3 is 1. The van der Waals surface area contributed by atoms with Crippen molar-refractivity contribution in [2.24, 2.45) is 0 Å². The summed E-state index contributed by atoms with van der Waals surface area (Å²) in [6, 6.07) is 2.47. The molecule has 37 heavy (non-hydrogen) atoms. The van der Waals surface area contributed by atoms with Crippen LogP contribution in [-0.2, 0) is 16.0 Å². The Kier molecular flexibility index (Phi) is 8.97. The fourth-order valence-corrected chi connectivity index (χ4v) is 4.65. The van der Waals surface area contributed by atoms with Crippen molar-refractivity contribution in [1.29, 1.82) is 0 Å². The van der Waals surface area contributed by atoms with Crippen LogP contribution >= 0.6 is 22.9 Å². The summed E-state index contributed by atoms with van der Waals surface area (Å²) in [5.41, 5.74) is -1.71. The lowest BCUT2D eigenvalue weighted by molar-refractivity contribution is 0.0506. The summed E-state index contributed by atoms with van der Waals surface area (Å²) in [4.78, 5) is 37.6. The molecule has 0 bridgehead atoms. The van der Waals surface area contributed by atoms with Gasteiger partial charge in [0.2, 0.25) is 0 Å². The van der Waals surface area contributed by atoms with E-state index in [0.717, 1.165) is 18.4 Å². The Labute approximate surface area is 216 Å². The minimum absolute atomic E-state index is 0.00220. The van der Waals surface area contributed by atoms with Crippen LogP contribution in [0.4, 0.5) is 22.6 Å². The number of hydrogen-bond acceptors (Lipinski definition) is 8. The molecule has 0 aromatic carbocycles. The summed E-state index contributed by atoms with van der Waals surface area (Å²) in [5, 5.41) is 5.06. The minimum atomic E-state index is -3.19. The van der Waals surface area contributed by atoms with Crippen molar-refractivity contribution in [2.75, 3.05) is 19.0 Å². The number of ether oxygens (including phenoxy) is 2. The molecule has 9 nitrogen and oxygen atoms in total. The fourth-order valence-electron chi connectivity index (χ4n) is 3.24. The number of furan rings is 1. The number of nitrogens with zero attached hydrogens (tertiary/aromatic N) is 2. The summed E-state index contributed by atoms with van der Waals surface area (Å²) in [6.45, 7) is 2.89. The fraction of sp³-hybridized carbons (Fsp3) is 0.364. The molecular formula is C22H20ClF4N3O6S. The number of hydrogen-bond donors (Lipinski definition) is 1. The van der Waals surface area contributed by atoms with Gasteiger partial charge in [0, 0.05) is 0 Å². The van der Waals surface area contributed by atoms with E-state index >= 15 is 0 Å². The maximum Gasteiger partial charge on any atom is 0.348 e. The van der Waals surface area contributed by atoms with Gasteiger partial charge < -0.3 is 19.2 Å². The summed E-state index contributed by atoms with van der Waals surface area (Å²) in [7, 11) is 1.16. The highest BCUT2D eigenvalue weighted by Crippen LogP contribution is 2.36. The van der Waals surface area contributed by atoms with Crippen LogP contribution in [0.3, 0.4) is 0 Å². The van der Waals surface area contributed by atoms with Gasteiger partial charge in [-0.2, -0.15) is 5.10 Å². The first kappa shape index (κ1) is 28.2. The molecule has 1 amide bonds. The predicted molar refractivity (Wildman–Crippen MR) is 124 cm³/mol. The van der Waals surface area contributed by atoms with Gasteiger partial charge in [0.15, 0.2) is 5.76 Å². The van der Waals surface area contributed by atoms with Gasteiger partial charge in [0.1, 0.15) is 27.0 Å². The van der Waals surface area contributed by atoms with Gasteiger partial charge in [-0.25, -0.2) is 27.2 Å². The lowest BCUT2D eigenvalue weighted by Gasteiger charge is -2.07. The highest BCUT2D eigenvalue weighted by molar-refractivity contribution is 7.18. The highest BCUT2D eigenvalue weighted by atomic mass is 35.5. The predicted octanol–water partition coefficient (Wildman–Crippen LogP) is 6.03. The number of thiophene rings is 1. The Morgan fingerprint density at radius 3 is 2.49 bits per heavy atom. The van der Waals surface area contributed by atoms with E-state index in [1.165, 1.54) is 19.1 Å². The monoisotopic (exact) mass is 565 g/mol. The third kappa shape index (κ3) is 5.96. The second kappa shape index (κ2) is 11.8. The van der Waals surface area contributed by atoms with Crippen LogP contribution in [0, 0.1) is 6.92 Å². The Morgan fingerprint density at radius 2 is 1.89 bits per heavy atom. The molecule has 1 N–H and O–H groups in total. The molecule has 0 radical (unpaired) electrons. The number of anilines is 1. The number of alkyl halides is 4. The largest absolute Gasteiger partial charge is 0.465 e. The second-order valence-electron chi connectivity index (χ2n) is 7.45. The van der Waals surface area contributed by atoms with Crippen molar-refractivity contribution >= 4 is 45.8 Å². The standard InChI is InChI=1S/C22H20ClF4N3O6S/c1-4-7-35-21(32)12-9(2)16(22(33)34-3)37-20(12)28-19(31)11-6-5-10(36-11)8-30-15(18(26)27)13(23)14(29-30)17(24)25/h5-6,17-18H,4,7-8H2,1-3H3,(H,28,31). The average Bonchev–Trinajstić information content (AvgIpc) is 3.53. The summed E-state index contributed by atoms with van der Waals surface area (Å²) in [6.07, 6.45) is -5.82. The molecule has 15 heteroatoms. The first-order valence-electron chi connectivity index (χ1n) is 10.6. The highest BCUT2D eigenvalue weighted by Gasteiger charge is 2.30. The van der Waals surface area contributed by atoms with Crippen LogP contribution in [-0.4, -0.2) is 41.3 Å². The molecule has 200 valence electrons. The molecule has 0 fully saturated rings. The molecule has 3 rings (SSSR count). The molecule has 0 aliphatic heterocycles. The zero-order valence-electron chi connectivity index (χ0n) is 19.6. The Balaban J connectivity index is 1.87. The summed E-state index contributed by atoms with van der Waals surface area (Å²) >= 11 is 6.44. The molecule has 0 saturated carbocycles. The topological polar surface area (TPSA) is 113 Å². The molecule has 0 unspecified atom stereocenters. The zero-order chi connectivity index (χ0) is 27.4. The first-order chi connectivity index (χ1) is 17.5. The van der Waals surface area contributed by atoms with Crippen molar-refractivity contribution in [3.63, 3.8) is 0 Å². The molecule has 0 spiro atoms. The van der Waals surface area contributed by atoms with Crippen LogP contribution in [0.25, 0.3) is 0 Å². The Morgan fingerprint density at radius 1 is 1.19 bits per heavy atom. The van der Waals surface area contributed by atoms with Crippen LogP contribution in [0.1, 0.15) is 79.5 Å². The van der Waals surface area contributed by atoms with Crippen molar-refractivity contribution in [2.45, 2.75) is 39.7 Å². The molecule has 3 heterocycles. The van der Waals surface area contributed by atoms with E-state index in [0.29, 0.717) is 11.1 Å². The molecule has 3 aromatic heterocycles. The quantitative estimate of drug-likeness (QED) is 0.236. The summed E-state index contributed by atoms with van der Waals surface area (Å²) < 4.78 is 68.7. The van der Waals surface area contributed by atoms with Crippen molar-refractivity contribution < 1.29 is 45.8 Å². The smallest absolute Gasteiger partial charge is 0.348 e. The van der Waals surface area contributed by atoms with Gasteiger partial charge in [-0.1, -0.05) is 18.5 Å². The number of carbonyl (C=O) groups is 3. The Bertz CT molecular complexity index is 1320. The van der Waals surface area contributed by atoms with E-state index in [4.69, 9.17) is 25.5 Å². The number of aromatic nitrogens is 2. The van der Waals surface area contributed by atoms with E-state index in [2.05, 4.69) is 10.4 Å². The molecule has 0 atom stereocenters. The number of halogens is 5. The van der Waals surface area contributed by atoms with Gasteiger partial charge >= 0.3 is 11.9 Å². The number of rotatable bonds is 10. The van der Waals surface area contributed by atoms with Gasteiger partial charge in [-0.05, 0) is 31.0 Å². The van der Waals surface area contributed by atoms with Gasteiger partial charge in [-0.3, -0.25) is 9.48 Å². The minimum Gasteiger partial charge on any atom is -0.465 e. The lowest BCUT2D eigenvalue weighted by atomic mass is 10.1. The average molecular weight is 566 g/mol. The van der Waals surface area contributed by atoms with Gasteiger partial charge in [-0.15, -0.1) is 11.3 Å². The van der Waals surface area contributed by atoms with E-state index < -0.39 is 53.7 Å². The SMILES string of the molecule is CCCOC(=O)c1c(NC(=O)c2ccc(Cn3nc(C(F)F)c(Cl)c3C(F)F)o2)sc(C(=O)OC)c1C. The van der Waals surface area contributed by atoms with Gasteiger partial charge in [0.05, 0.1) is 30.8 Å². The zero-order valence-corrected chi connectivity index (χ0v) is 21.1.